The molecule has 4 rings (SSSR count). The van der Waals surface area contributed by atoms with Gasteiger partial charge in [0.05, 0.1) is 13.2 Å². The summed E-state index contributed by atoms with van der Waals surface area (Å²) in [5, 5.41) is 4.08. The first-order chi connectivity index (χ1) is 15.0. The summed E-state index contributed by atoms with van der Waals surface area (Å²) in [7, 11) is 1.49. The molecule has 0 saturated carbocycles. The maximum atomic E-state index is 14.4. The predicted molar refractivity (Wildman–Crippen MR) is 119 cm³/mol. The van der Waals surface area contributed by atoms with Crippen LogP contribution in [0.2, 0.25) is 0 Å². The summed E-state index contributed by atoms with van der Waals surface area (Å²) >= 11 is 0. The molecule has 2 aromatic carbocycles. The molecule has 1 aromatic heterocycles. The SMILES string of the molecule is COc1ccc(C(=O)N2CCCC2c2cc(C)on2)cc1Oc1ccc(CN)cc1F.Cl. The Hall–Kier alpha value is -3.10. The number of nitrogens with zero attached hydrogens (tertiary/aromatic N) is 2. The van der Waals surface area contributed by atoms with Crippen molar-refractivity contribution in [3.8, 4) is 17.2 Å². The summed E-state index contributed by atoms with van der Waals surface area (Å²) in [5.41, 5.74) is 7.38. The van der Waals surface area contributed by atoms with E-state index in [1.165, 1.54) is 19.2 Å². The van der Waals surface area contributed by atoms with Crippen LogP contribution in [-0.2, 0) is 6.54 Å². The number of amides is 1. The smallest absolute Gasteiger partial charge is 0.254 e. The summed E-state index contributed by atoms with van der Waals surface area (Å²) < 4.78 is 30.7. The molecule has 9 heteroatoms. The first-order valence-corrected chi connectivity index (χ1v) is 10.1. The Morgan fingerprint density at radius 2 is 2.00 bits per heavy atom. The third-order valence-corrected chi connectivity index (χ3v) is 5.36. The van der Waals surface area contributed by atoms with Gasteiger partial charge in [-0.15, -0.1) is 12.4 Å². The van der Waals surface area contributed by atoms with Crippen LogP contribution in [0.5, 0.6) is 17.2 Å². The van der Waals surface area contributed by atoms with Gasteiger partial charge in [-0.2, -0.15) is 0 Å². The molecule has 1 aliphatic rings. The van der Waals surface area contributed by atoms with Crippen molar-refractivity contribution in [2.24, 2.45) is 5.73 Å². The quantitative estimate of drug-likeness (QED) is 0.568. The third kappa shape index (κ3) is 4.71. The van der Waals surface area contributed by atoms with Crippen LogP contribution < -0.4 is 15.2 Å². The number of rotatable bonds is 6. The van der Waals surface area contributed by atoms with Gasteiger partial charge in [-0.1, -0.05) is 11.2 Å². The molecule has 1 amide bonds. The minimum Gasteiger partial charge on any atom is -0.493 e. The molecule has 2 N–H and O–H groups in total. The van der Waals surface area contributed by atoms with Crippen molar-refractivity contribution < 1.29 is 23.2 Å². The topological polar surface area (TPSA) is 90.8 Å². The summed E-state index contributed by atoms with van der Waals surface area (Å²) in [6.07, 6.45) is 1.69. The van der Waals surface area contributed by atoms with Crippen molar-refractivity contribution in [2.75, 3.05) is 13.7 Å². The van der Waals surface area contributed by atoms with Gasteiger partial charge in [0.1, 0.15) is 11.5 Å². The zero-order valence-corrected chi connectivity index (χ0v) is 18.7. The van der Waals surface area contributed by atoms with E-state index in [9.17, 15) is 9.18 Å². The fourth-order valence-corrected chi connectivity index (χ4v) is 3.79. The Balaban J connectivity index is 0.00000289. The number of aryl methyl sites for hydroxylation is 1. The number of carbonyl (C=O) groups excluding carboxylic acids is 1. The highest BCUT2D eigenvalue weighted by Crippen LogP contribution is 2.37. The number of carbonyl (C=O) groups is 1. The number of hydrogen-bond donors (Lipinski definition) is 1. The number of methoxy groups -OCH3 is 1. The van der Waals surface area contributed by atoms with E-state index in [-0.39, 0.29) is 42.4 Å². The van der Waals surface area contributed by atoms with Crippen molar-refractivity contribution in [3.63, 3.8) is 0 Å². The first kappa shape index (κ1) is 23.6. The number of halogens is 2. The molecule has 32 heavy (non-hydrogen) atoms. The average Bonchev–Trinajstić information content (AvgIpc) is 3.43. The summed E-state index contributed by atoms with van der Waals surface area (Å²) in [4.78, 5) is 15.1. The van der Waals surface area contributed by atoms with Crippen LogP contribution in [0.15, 0.2) is 47.0 Å². The molecule has 170 valence electrons. The minimum atomic E-state index is -0.539. The summed E-state index contributed by atoms with van der Waals surface area (Å²) in [6, 6.07) is 11.1. The lowest BCUT2D eigenvalue weighted by atomic mass is 10.1. The Morgan fingerprint density at radius 3 is 2.66 bits per heavy atom. The van der Waals surface area contributed by atoms with E-state index in [2.05, 4.69) is 5.16 Å². The Morgan fingerprint density at radius 1 is 1.22 bits per heavy atom. The van der Waals surface area contributed by atoms with E-state index in [0.717, 1.165) is 18.5 Å². The Labute approximate surface area is 191 Å². The van der Waals surface area contributed by atoms with Crippen molar-refractivity contribution in [3.05, 3.63) is 70.9 Å². The van der Waals surface area contributed by atoms with Gasteiger partial charge in [-0.3, -0.25) is 4.79 Å². The number of benzene rings is 2. The standard InChI is InChI=1S/C23H24FN3O4.ClH/c1-14-10-18(26-31-14)19-4-3-9-27(19)23(28)16-6-8-21(29-2)22(12-16)30-20-7-5-15(13-25)11-17(20)24;/h5-8,10-12,19H,3-4,9,13,25H2,1-2H3;1H. The van der Waals surface area contributed by atoms with Crippen LogP contribution in [0.4, 0.5) is 4.39 Å². The molecule has 1 aliphatic heterocycles. The molecule has 0 radical (unpaired) electrons. The van der Waals surface area contributed by atoms with Crippen molar-refractivity contribution >= 4 is 18.3 Å². The second kappa shape index (κ2) is 10.0. The highest BCUT2D eigenvalue weighted by atomic mass is 35.5. The van der Waals surface area contributed by atoms with Crippen LogP contribution in [0.25, 0.3) is 0 Å². The summed E-state index contributed by atoms with van der Waals surface area (Å²) in [6.45, 7) is 2.67. The fourth-order valence-electron chi connectivity index (χ4n) is 3.79. The summed E-state index contributed by atoms with van der Waals surface area (Å²) in [5.74, 6) is 0.677. The molecule has 1 fully saturated rings. The molecular formula is C23H25ClFN3O4. The highest BCUT2D eigenvalue weighted by molar-refractivity contribution is 5.95. The Bertz CT molecular complexity index is 1100. The van der Waals surface area contributed by atoms with Crippen LogP contribution in [0.3, 0.4) is 0 Å². The van der Waals surface area contributed by atoms with E-state index in [1.807, 2.05) is 13.0 Å². The largest absolute Gasteiger partial charge is 0.493 e. The van der Waals surface area contributed by atoms with E-state index >= 15 is 0 Å². The predicted octanol–water partition coefficient (Wildman–Crippen LogP) is 4.78. The zero-order chi connectivity index (χ0) is 22.0. The molecule has 7 nitrogen and oxygen atoms in total. The van der Waals surface area contributed by atoms with Crippen LogP contribution in [0.1, 0.15) is 46.3 Å². The molecule has 0 aliphatic carbocycles. The normalized spacial score (nSPS) is 15.4. The van der Waals surface area contributed by atoms with E-state index in [4.69, 9.17) is 19.7 Å². The molecule has 1 atom stereocenters. The monoisotopic (exact) mass is 461 g/mol. The van der Waals surface area contributed by atoms with Gasteiger partial charge in [-0.25, -0.2) is 4.39 Å². The molecule has 0 bridgehead atoms. The van der Waals surface area contributed by atoms with Crippen molar-refractivity contribution in [1.29, 1.82) is 0 Å². The van der Waals surface area contributed by atoms with Gasteiger partial charge in [0, 0.05) is 24.7 Å². The molecule has 2 heterocycles. The molecule has 1 unspecified atom stereocenters. The zero-order valence-electron chi connectivity index (χ0n) is 17.8. The van der Waals surface area contributed by atoms with Gasteiger partial charge >= 0.3 is 0 Å². The van der Waals surface area contributed by atoms with Gasteiger partial charge in [0.2, 0.25) is 0 Å². The molecule has 0 spiro atoms. The molecular weight excluding hydrogens is 437 g/mol. The van der Waals surface area contributed by atoms with Crippen LogP contribution >= 0.6 is 12.4 Å². The number of nitrogens with two attached hydrogens (primary N) is 1. The first-order valence-electron chi connectivity index (χ1n) is 10.1. The number of ether oxygens (including phenoxy) is 2. The number of hydrogen-bond acceptors (Lipinski definition) is 6. The van der Waals surface area contributed by atoms with Gasteiger partial charge in [-0.05, 0) is 55.7 Å². The Kier molecular flexibility index (Phi) is 7.37. The second-order valence-corrected chi connectivity index (χ2v) is 7.46. The maximum absolute atomic E-state index is 14.4. The van der Waals surface area contributed by atoms with E-state index < -0.39 is 5.82 Å². The van der Waals surface area contributed by atoms with Gasteiger partial charge < -0.3 is 24.6 Å². The third-order valence-electron chi connectivity index (χ3n) is 5.36. The fraction of sp³-hybridized carbons (Fsp3) is 0.304. The lowest BCUT2D eigenvalue weighted by molar-refractivity contribution is 0.0730. The number of likely N-dealkylation sites (tertiary alicyclic amines) is 1. The maximum Gasteiger partial charge on any atom is 0.254 e. The van der Waals surface area contributed by atoms with Crippen LogP contribution in [-0.4, -0.2) is 29.6 Å². The van der Waals surface area contributed by atoms with Gasteiger partial charge in [0.15, 0.2) is 23.1 Å². The second-order valence-electron chi connectivity index (χ2n) is 7.46. The van der Waals surface area contributed by atoms with Crippen LogP contribution in [0, 0.1) is 12.7 Å². The highest BCUT2D eigenvalue weighted by Gasteiger charge is 2.33. The lowest BCUT2D eigenvalue weighted by Crippen LogP contribution is -2.30. The molecule has 1 saturated heterocycles. The average molecular weight is 462 g/mol. The van der Waals surface area contributed by atoms with E-state index in [1.54, 1.807) is 29.2 Å². The molecule has 3 aromatic rings. The van der Waals surface area contributed by atoms with Crippen molar-refractivity contribution in [2.45, 2.75) is 32.4 Å². The van der Waals surface area contributed by atoms with E-state index in [0.29, 0.717) is 29.2 Å². The number of aromatic nitrogens is 1. The van der Waals surface area contributed by atoms with Crippen molar-refractivity contribution in [1.82, 2.24) is 10.1 Å². The van der Waals surface area contributed by atoms with Gasteiger partial charge in [0.25, 0.3) is 5.91 Å². The lowest BCUT2D eigenvalue weighted by Gasteiger charge is -2.23. The minimum absolute atomic E-state index is 0.